The van der Waals surface area contributed by atoms with Crippen LogP contribution in [0.25, 0.3) is 16.9 Å². The number of piperidine rings is 1. The van der Waals surface area contributed by atoms with Crippen LogP contribution < -0.4 is 4.74 Å². The molecule has 34 heavy (non-hydrogen) atoms. The topological polar surface area (TPSA) is 86.3 Å². The summed E-state index contributed by atoms with van der Waals surface area (Å²) in [5.41, 5.74) is -0.487. The number of carbonyl (C=O) groups is 1. The van der Waals surface area contributed by atoms with Gasteiger partial charge in [-0.2, -0.15) is 27.9 Å². The second-order valence-corrected chi connectivity index (χ2v) is 8.33. The monoisotopic (exact) mass is 487 g/mol. The van der Waals surface area contributed by atoms with Gasteiger partial charge >= 0.3 is 12.1 Å². The molecule has 0 radical (unpaired) electrons. The van der Waals surface area contributed by atoms with Crippen LogP contribution >= 0.6 is 0 Å². The van der Waals surface area contributed by atoms with Crippen LogP contribution in [-0.4, -0.2) is 56.1 Å². The van der Waals surface area contributed by atoms with E-state index in [1.165, 1.54) is 0 Å². The normalized spacial score (nSPS) is 16.0. The van der Waals surface area contributed by atoms with E-state index in [9.17, 15) is 26.7 Å². The zero-order chi connectivity index (χ0) is 24.8. The lowest BCUT2D eigenvalue weighted by atomic mass is 9.96. The maximum absolute atomic E-state index is 14.8. The Labute approximate surface area is 190 Å². The van der Waals surface area contributed by atoms with Crippen molar-refractivity contribution in [2.45, 2.75) is 58.2 Å². The molecule has 1 aromatic carbocycles. The number of ether oxygens (including phenoxy) is 1. The van der Waals surface area contributed by atoms with E-state index in [1.807, 2.05) is 0 Å². The molecule has 2 aromatic heterocycles. The standard InChI is InChI=1S/C21H22F5N5O3/c1-4-13-15-14(33-19(32)21(24,25)26)9-12(22)16(23)17(15)31(28-13)20-27-18(34-29-20)11-5-7-30(8-6-11)10(2)3/h9-11H,4-8H2,1-3H3. The number of alkyl halides is 3. The van der Waals surface area contributed by atoms with Crippen molar-refractivity contribution in [1.82, 2.24) is 24.8 Å². The van der Waals surface area contributed by atoms with Gasteiger partial charge in [0.25, 0.3) is 5.95 Å². The first-order valence-electron chi connectivity index (χ1n) is 10.8. The minimum Gasteiger partial charge on any atom is -0.419 e. The molecule has 184 valence electrons. The Balaban J connectivity index is 1.74. The number of hydrogen-bond acceptors (Lipinski definition) is 7. The van der Waals surface area contributed by atoms with Gasteiger partial charge in [0.2, 0.25) is 5.89 Å². The molecule has 13 heteroatoms. The first kappa shape index (κ1) is 24.0. The molecular weight excluding hydrogens is 465 g/mol. The van der Waals surface area contributed by atoms with Gasteiger partial charge in [0.15, 0.2) is 11.6 Å². The number of carbonyl (C=O) groups excluding carboxylic acids is 1. The second-order valence-electron chi connectivity index (χ2n) is 8.33. The molecule has 3 aromatic rings. The van der Waals surface area contributed by atoms with Crippen LogP contribution in [0.2, 0.25) is 0 Å². The molecule has 0 unspecified atom stereocenters. The number of rotatable bonds is 5. The average molecular weight is 487 g/mol. The van der Waals surface area contributed by atoms with Gasteiger partial charge in [-0.05, 0) is 51.4 Å². The van der Waals surface area contributed by atoms with Gasteiger partial charge in [-0.1, -0.05) is 6.92 Å². The Hall–Kier alpha value is -3.09. The maximum Gasteiger partial charge on any atom is 0.491 e. The van der Waals surface area contributed by atoms with Crippen molar-refractivity contribution in [3.63, 3.8) is 0 Å². The van der Waals surface area contributed by atoms with Gasteiger partial charge in [0.05, 0.1) is 11.1 Å². The number of aromatic nitrogens is 4. The summed E-state index contributed by atoms with van der Waals surface area (Å²) >= 11 is 0. The average Bonchev–Trinajstić information content (AvgIpc) is 3.41. The third-order valence-electron chi connectivity index (χ3n) is 5.88. The minimum atomic E-state index is -5.33. The number of esters is 1. The lowest BCUT2D eigenvalue weighted by Gasteiger charge is -2.33. The van der Waals surface area contributed by atoms with Crippen LogP contribution in [-0.2, 0) is 11.2 Å². The smallest absolute Gasteiger partial charge is 0.419 e. The molecule has 0 aliphatic carbocycles. The van der Waals surface area contributed by atoms with Gasteiger partial charge in [0.1, 0.15) is 11.3 Å². The Morgan fingerprint density at radius 2 is 1.94 bits per heavy atom. The van der Waals surface area contributed by atoms with Crippen LogP contribution in [0, 0.1) is 11.6 Å². The molecule has 3 heterocycles. The molecule has 0 N–H and O–H groups in total. The Morgan fingerprint density at radius 1 is 1.26 bits per heavy atom. The molecule has 4 rings (SSSR count). The number of hydrogen-bond donors (Lipinski definition) is 0. The van der Waals surface area contributed by atoms with Crippen molar-refractivity contribution in [1.29, 1.82) is 0 Å². The van der Waals surface area contributed by atoms with Crippen LogP contribution in [0.1, 0.15) is 51.1 Å². The Morgan fingerprint density at radius 3 is 2.53 bits per heavy atom. The van der Waals surface area contributed by atoms with E-state index < -0.39 is 35.0 Å². The molecule has 1 saturated heterocycles. The summed E-state index contributed by atoms with van der Waals surface area (Å²) in [4.78, 5) is 18.0. The van der Waals surface area contributed by atoms with Gasteiger partial charge < -0.3 is 14.2 Å². The lowest BCUT2D eigenvalue weighted by Crippen LogP contribution is -2.37. The van der Waals surface area contributed by atoms with E-state index in [0.717, 1.165) is 30.6 Å². The predicted octanol–water partition coefficient (Wildman–Crippen LogP) is 4.30. The fraction of sp³-hybridized carbons (Fsp3) is 0.524. The molecule has 0 amide bonds. The molecule has 0 spiro atoms. The molecule has 1 fully saturated rings. The number of benzene rings is 1. The van der Waals surface area contributed by atoms with E-state index in [2.05, 4.69) is 38.7 Å². The number of halogens is 5. The zero-order valence-electron chi connectivity index (χ0n) is 18.6. The minimum absolute atomic E-state index is 0.0337. The second kappa shape index (κ2) is 8.93. The van der Waals surface area contributed by atoms with Crippen molar-refractivity contribution in [2.24, 2.45) is 0 Å². The van der Waals surface area contributed by atoms with Crippen LogP contribution in [0.4, 0.5) is 22.0 Å². The third kappa shape index (κ3) is 4.36. The van der Waals surface area contributed by atoms with Gasteiger partial charge in [-0.15, -0.1) is 0 Å². The van der Waals surface area contributed by atoms with E-state index in [-0.39, 0.29) is 29.4 Å². The molecule has 0 bridgehead atoms. The fourth-order valence-electron chi connectivity index (χ4n) is 4.06. The van der Waals surface area contributed by atoms with Gasteiger partial charge in [-0.3, -0.25) is 0 Å². The number of nitrogens with zero attached hydrogens (tertiary/aromatic N) is 5. The van der Waals surface area contributed by atoms with Gasteiger partial charge in [0, 0.05) is 18.0 Å². The van der Waals surface area contributed by atoms with Crippen molar-refractivity contribution in [3.8, 4) is 11.7 Å². The van der Waals surface area contributed by atoms with Crippen molar-refractivity contribution in [2.75, 3.05) is 13.1 Å². The Bertz CT molecular complexity index is 1210. The van der Waals surface area contributed by atoms with Crippen molar-refractivity contribution in [3.05, 3.63) is 29.3 Å². The van der Waals surface area contributed by atoms with E-state index in [4.69, 9.17) is 4.52 Å². The number of likely N-dealkylation sites (tertiary alicyclic amines) is 1. The summed E-state index contributed by atoms with van der Waals surface area (Å²) in [6.45, 7) is 7.48. The van der Waals surface area contributed by atoms with Crippen molar-refractivity contribution < 1.29 is 36.0 Å². The van der Waals surface area contributed by atoms with Crippen LogP contribution in [0.15, 0.2) is 10.6 Å². The molecule has 8 nitrogen and oxygen atoms in total. The number of fused-ring (bicyclic) bond motifs is 1. The summed E-state index contributed by atoms with van der Waals surface area (Å²) < 4.78 is 77.9. The van der Waals surface area contributed by atoms with Gasteiger partial charge in [-0.25, -0.2) is 13.6 Å². The molecular formula is C21H22F5N5O3. The molecule has 0 atom stereocenters. The summed E-state index contributed by atoms with van der Waals surface area (Å²) in [5, 5.41) is 7.70. The summed E-state index contributed by atoms with van der Waals surface area (Å²) in [5.74, 6) is -6.22. The quantitative estimate of drug-likeness (QED) is 0.301. The first-order valence-corrected chi connectivity index (χ1v) is 10.8. The largest absolute Gasteiger partial charge is 0.491 e. The van der Waals surface area contributed by atoms with E-state index in [1.54, 1.807) is 6.92 Å². The van der Waals surface area contributed by atoms with Crippen molar-refractivity contribution >= 4 is 16.9 Å². The highest BCUT2D eigenvalue weighted by Gasteiger charge is 2.42. The lowest BCUT2D eigenvalue weighted by molar-refractivity contribution is -0.189. The molecule has 1 aliphatic rings. The number of aryl methyl sites for hydroxylation is 1. The predicted molar refractivity (Wildman–Crippen MR) is 109 cm³/mol. The SMILES string of the molecule is CCc1nn(-c2noc(C3CCN(C(C)C)CC3)n2)c2c(F)c(F)cc(OC(=O)C(F)(F)F)c12. The molecule has 0 saturated carbocycles. The fourth-order valence-corrected chi connectivity index (χ4v) is 4.06. The zero-order valence-corrected chi connectivity index (χ0v) is 18.6. The van der Waals surface area contributed by atoms with E-state index in [0.29, 0.717) is 18.0 Å². The highest BCUT2D eigenvalue weighted by molar-refractivity contribution is 5.92. The summed E-state index contributed by atoms with van der Waals surface area (Å²) in [7, 11) is 0. The van der Waals surface area contributed by atoms with E-state index >= 15 is 0 Å². The first-order chi connectivity index (χ1) is 16.0. The highest BCUT2D eigenvalue weighted by Crippen LogP contribution is 2.36. The highest BCUT2D eigenvalue weighted by atomic mass is 19.4. The molecule has 1 aliphatic heterocycles. The summed E-state index contributed by atoms with van der Waals surface area (Å²) in [6, 6.07) is 0.789. The van der Waals surface area contributed by atoms with Crippen LogP contribution in [0.3, 0.4) is 0 Å². The third-order valence-corrected chi connectivity index (χ3v) is 5.88. The maximum atomic E-state index is 14.8. The summed E-state index contributed by atoms with van der Waals surface area (Å²) in [6.07, 6.45) is -3.68. The Kier molecular flexibility index (Phi) is 6.32. The van der Waals surface area contributed by atoms with Crippen LogP contribution in [0.5, 0.6) is 5.75 Å².